The van der Waals surface area contributed by atoms with E-state index in [0.29, 0.717) is 16.6 Å². The molecule has 148 valence electrons. The summed E-state index contributed by atoms with van der Waals surface area (Å²) in [5, 5.41) is 20.7. The number of nitrogens with zero attached hydrogens (tertiary/aromatic N) is 6. The molecule has 0 amide bonds. The summed E-state index contributed by atoms with van der Waals surface area (Å²) in [5.41, 5.74) is 1.19. The highest BCUT2D eigenvalue weighted by molar-refractivity contribution is 7.89. The highest BCUT2D eigenvalue weighted by Gasteiger charge is 2.21. The first kappa shape index (κ1) is 18.7. The predicted octanol–water partition coefficient (Wildman–Crippen LogP) is 1.36. The number of pyridine rings is 1. The molecule has 0 radical (unpaired) electrons. The number of aromatic nitrogens is 5. The van der Waals surface area contributed by atoms with Crippen molar-refractivity contribution < 1.29 is 18.3 Å². The molecular formula is C17H15N7O4S. The normalized spacial score (nSPS) is 12.0. The minimum atomic E-state index is -3.64. The molecule has 1 aromatic carbocycles. The summed E-state index contributed by atoms with van der Waals surface area (Å²) in [6.45, 7) is 0. The molecule has 0 spiro atoms. The van der Waals surface area contributed by atoms with Crippen molar-refractivity contribution in [2.75, 3.05) is 19.4 Å². The van der Waals surface area contributed by atoms with E-state index in [1.54, 1.807) is 24.4 Å². The first-order valence-electron chi connectivity index (χ1n) is 8.31. The molecule has 2 N–H and O–H groups in total. The quantitative estimate of drug-likeness (QED) is 0.496. The fourth-order valence-corrected chi connectivity index (χ4v) is 3.72. The molecule has 0 aliphatic rings. The van der Waals surface area contributed by atoms with Crippen molar-refractivity contribution in [1.82, 2.24) is 28.9 Å². The number of nitrogens with one attached hydrogen (secondary N) is 1. The number of sulfonamides is 1. The summed E-state index contributed by atoms with van der Waals surface area (Å²) in [5.74, 6) is -1.49. The SMILES string of the molecule is CN(C)S(=O)(=O)c1cccc(Nc2nc3ccncc3c3nnc(C(=O)O)n23)c1. The maximum atomic E-state index is 12.4. The molecule has 0 fully saturated rings. The third-order valence-corrected chi connectivity index (χ3v) is 6.01. The van der Waals surface area contributed by atoms with Gasteiger partial charge in [0.05, 0.1) is 15.8 Å². The van der Waals surface area contributed by atoms with Gasteiger partial charge in [-0.2, -0.15) is 0 Å². The van der Waals surface area contributed by atoms with Crippen molar-refractivity contribution in [3.63, 3.8) is 0 Å². The van der Waals surface area contributed by atoms with Crippen molar-refractivity contribution in [3.05, 3.63) is 48.5 Å². The number of rotatable bonds is 5. The molecule has 4 aromatic rings. The highest BCUT2D eigenvalue weighted by Crippen LogP contribution is 2.25. The van der Waals surface area contributed by atoms with E-state index in [1.165, 1.54) is 36.8 Å². The van der Waals surface area contributed by atoms with Crippen molar-refractivity contribution in [1.29, 1.82) is 0 Å². The Bertz CT molecular complexity index is 1360. The van der Waals surface area contributed by atoms with Gasteiger partial charge in [0.25, 0.3) is 0 Å². The summed E-state index contributed by atoms with van der Waals surface area (Å²) >= 11 is 0. The van der Waals surface area contributed by atoms with E-state index in [2.05, 4.69) is 25.5 Å². The molecule has 0 saturated heterocycles. The molecule has 0 atom stereocenters. The molecule has 0 aliphatic carbocycles. The largest absolute Gasteiger partial charge is 0.475 e. The molecule has 29 heavy (non-hydrogen) atoms. The van der Waals surface area contributed by atoms with Crippen LogP contribution in [0.15, 0.2) is 47.6 Å². The monoisotopic (exact) mass is 413 g/mol. The molecule has 12 heteroatoms. The lowest BCUT2D eigenvalue weighted by Crippen LogP contribution is -2.22. The molecule has 0 unspecified atom stereocenters. The van der Waals surface area contributed by atoms with Gasteiger partial charge in [-0.25, -0.2) is 26.9 Å². The van der Waals surface area contributed by atoms with Crippen LogP contribution in [0.5, 0.6) is 0 Å². The molecule has 11 nitrogen and oxygen atoms in total. The molecule has 0 saturated carbocycles. The van der Waals surface area contributed by atoms with Crippen LogP contribution in [-0.4, -0.2) is 62.5 Å². The maximum absolute atomic E-state index is 12.4. The smallest absolute Gasteiger partial charge is 0.374 e. The van der Waals surface area contributed by atoms with E-state index in [9.17, 15) is 18.3 Å². The predicted molar refractivity (Wildman–Crippen MR) is 104 cm³/mol. The number of benzene rings is 1. The van der Waals surface area contributed by atoms with Crippen LogP contribution in [0.2, 0.25) is 0 Å². The van der Waals surface area contributed by atoms with Crippen molar-refractivity contribution in [2.45, 2.75) is 4.90 Å². The number of fused-ring (bicyclic) bond motifs is 3. The zero-order valence-corrected chi connectivity index (χ0v) is 16.1. The summed E-state index contributed by atoms with van der Waals surface area (Å²) in [7, 11) is -0.763. The maximum Gasteiger partial charge on any atom is 0.374 e. The van der Waals surface area contributed by atoms with Crippen molar-refractivity contribution in [2.24, 2.45) is 0 Å². The zero-order valence-electron chi connectivity index (χ0n) is 15.3. The third-order valence-electron chi connectivity index (χ3n) is 4.20. The molecule has 0 aliphatic heterocycles. The highest BCUT2D eigenvalue weighted by atomic mass is 32.2. The number of carboxylic acid groups (broad SMARTS) is 1. The lowest BCUT2D eigenvalue weighted by atomic mass is 10.3. The van der Waals surface area contributed by atoms with Gasteiger partial charge in [0.15, 0.2) is 5.65 Å². The number of anilines is 2. The van der Waals surface area contributed by atoms with Gasteiger partial charge in [-0.15, -0.1) is 10.2 Å². The van der Waals surface area contributed by atoms with E-state index in [1.807, 2.05) is 0 Å². The van der Waals surface area contributed by atoms with Crippen LogP contribution in [0.3, 0.4) is 0 Å². The van der Waals surface area contributed by atoms with Gasteiger partial charge in [0, 0.05) is 32.2 Å². The van der Waals surface area contributed by atoms with Crippen LogP contribution in [-0.2, 0) is 10.0 Å². The molecule has 3 heterocycles. The first-order valence-corrected chi connectivity index (χ1v) is 9.75. The Labute approximate surface area is 164 Å². The second-order valence-electron chi connectivity index (χ2n) is 6.26. The Kier molecular flexibility index (Phi) is 4.36. The van der Waals surface area contributed by atoms with Crippen LogP contribution < -0.4 is 5.32 Å². The topological polar surface area (TPSA) is 143 Å². The van der Waals surface area contributed by atoms with E-state index in [0.717, 1.165) is 4.31 Å². The number of aromatic carboxylic acids is 1. The number of carbonyl (C=O) groups is 1. The second kappa shape index (κ2) is 6.76. The van der Waals surface area contributed by atoms with E-state index in [4.69, 9.17) is 0 Å². The minimum Gasteiger partial charge on any atom is -0.475 e. The standard InChI is InChI=1S/C17H15N7O4S/c1-23(2)29(27,28)11-5-3-4-10(8-11)19-17-20-13-6-7-18-9-12(13)14-21-22-15(16(25)26)24(14)17/h3-9H,1-2H3,(H,19,20)(H,25,26). The summed E-state index contributed by atoms with van der Waals surface area (Å²) < 4.78 is 27.2. The van der Waals surface area contributed by atoms with Gasteiger partial charge in [0.2, 0.25) is 21.8 Å². The van der Waals surface area contributed by atoms with Gasteiger partial charge in [-0.05, 0) is 24.3 Å². The van der Waals surface area contributed by atoms with Gasteiger partial charge in [0.1, 0.15) is 0 Å². The Morgan fingerprint density at radius 3 is 2.72 bits per heavy atom. The Hall–Kier alpha value is -3.64. The fraction of sp³-hybridized carbons (Fsp3) is 0.118. The average Bonchev–Trinajstić information content (AvgIpc) is 3.14. The molecule has 0 bridgehead atoms. The zero-order chi connectivity index (χ0) is 20.8. The third kappa shape index (κ3) is 3.13. The second-order valence-corrected chi connectivity index (χ2v) is 8.41. The molecular weight excluding hydrogens is 398 g/mol. The van der Waals surface area contributed by atoms with Crippen LogP contribution in [0.1, 0.15) is 10.6 Å². The average molecular weight is 413 g/mol. The van der Waals surface area contributed by atoms with Crippen LogP contribution in [0, 0.1) is 0 Å². The van der Waals surface area contributed by atoms with Crippen LogP contribution >= 0.6 is 0 Å². The fourth-order valence-electron chi connectivity index (χ4n) is 2.78. The lowest BCUT2D eigenvalue weighted by molar-refractivity contribution is 0.0682. The van der Waals surface area contributed by atoms with Crippen LogP contribution in [0.4, 0.5) is 11.6 Å². The Morgan fingerprint density at radius 1 is 1.21 bits per heavy atom. The molecule has 4 rings (SSSR count). The van der Waals surface area contributed by atoms with Gasteiger partial charge in [-0.3, -0.25) is 4.98 Å². The Morgan fingerprint density at radius 2 is 2.00 bits per heavy atom. The van der Waals surface area contributed by atoms with E-state index in [-0.39, 0.29) is 22.3 Å². The van der Waals surface area contributed by atoms with E-state index >= 15 is 0 Å². The minimum absolute atomic E-state index is 0.0796. The Balaban J connectivity index is 1.90. The van der Waals surface area contributed by atoms with Crippen molar-refractivity contribution >= 4 is 44.2 Å². The van der Waals surface area contributed by atoms with Gasteiger partial charge in [-0.1, -0.05) is 6.07 Å². The molecule has 3 aromatic heterocycles. The number of carboxylic acids is 1. The summed E-state index contributed by atoms with van der Waals surface area (Å²) in [6.07, 6.45) is 3.07. The summed E-state index contributed by atoms with van der Waals surface area (Å²) in [6, 6.07) is 7.78. The van der Waals surface area contributed by atoms with Crippen molar-refractivity contribution in [3.8, 4) is 0 Å². The lowest BCUT2D eigenvalue weighted by Gasteiger charge is -2.14. The summed E-state index contributed by atoms with van der Waals surface area (Å²) in [4.78, 5) is 20.2. The van der Waals surface area contributed by atoms with E-state index < -0.39 is 16.0 Å². The first-order chi connectivity index (χ1) is 13.8. The number of hydrogen-bond donors (Lipinski definition) is 2. The van der Waals surface area contributed by atoms with Gasteiger partial charge < -0.3 is 10.4 Å². The number of hydrogen-bond acceptors (Lipinski definition) is 8. The van der Waals surface area contributed by atoms with Crippen LogP contribution in [0.25, 0.3) is 16.6 Å². The van der Waals surface area contributed by atoms with Gasteiger partial charge >= 0.3 is 5.97 Å².